The lowest BCUT2D eigenvalue weighted by molar-refractivity contribution is 0.161. The van der Waals surface area contributed by atoms with Crippen LogP contribution in [0.4, 0.5) is 4.39 Å². The Morgan fingerprint density at radius 2 is 2.05 bits per heavy atom. The first kappa shape index (κ1) is 15.9. The molecule has 1 aromatic rings. The molecule has 1 heterocycles. The summed E-state index contributed by atoms with van der Waals surface area (Å²) in [6, 6.07) is 5.49. The van der Waals surface area contributed by atoms with Crippen LogP contribution in [0.15, 0.2) is 22.7 Å². The third kappa shape index (κ3) is 4.54. The molecule has 1 N–H and O–H groups in total. The highest BCUT2D eigenvalue weighted by atomic mass is 79.9. The van der Waals surface area contributed by atoms with Gasteiger partial charge in [0.1, 0.15) is 5.82 Å². The number of benzene rings is 1. The standard InChI is InChI=1S/C16H24BrFN2/c1-12(2)20(10-13-5-7-19-8-6-13)11-14-3-4-15(18)9-16(14)17/h3-4,9,12-13,19H,5-8,10-11H2,1-2H3. The Bertz CT molecular complexity index is 430. The van der Waals surface area contributed by atoms with Gasteiger partial charge in [-0.2, -0.15) is 0 Å². The van der Waals surface area contributed by atoms with Gasteiger partial charge in [-0.05, 0) is 63.4 Å². The van der Waals surface area contributed by atoms with Gasteiger partial charge in [0, 0.05) is 23.6 Å². The van der Waals surface area contributed by atoms with Crippen molar-refractivity contribution in [3.63, 3.8) is 0 Å². The Morgan fingerprint density at radius 1 is 1.35 bits per heavy atom. The Kier molecular flexibility index (Phi) is 6.00. The maximum atomic E-state index is 13.2. The van der Waals surface area contributed by atoms with Crippen molar-refractivity contribution >= 4 is 15.9 Å². The minimum atomic E-state index is -0.185. The minimum absolute atomic E-state index is 0.185. The molecule has 1 saturated heterocycles. The summed E-state index contributed by atoms with van der Waals surface area (Å²) in [5.41, 5.74) is 1.16. The Hall–Kier alpha value is -0.450. The fourth-order valence-corrected chi connectivity index (χ4v) is 3.20. The summed E-state index contributed by atoms with van der Waals surface area (Å²) in [7, 11) is 0. The van der Waals surface area contributed by atoms with Crippen molar-refractivity contribution in [2.75, 3.05) is 19.6 Å². The van der Waals surface area contributed by atoms with Crippen LogP contribution in [0.2, 0.25) is 0 Å². The zero-order valence-electron chi connectivity index (χ0n) is 12.3. The van der Waals surface area contributed by atoms with Crippen LogP contribution in [0, 0.1) is 11.7 Å². The van der Waals surface area contributed by atoms with E-state index in [9.17, 15) is 4.39 Å². The number of hydrogen-bond donors (Lipinski definition) is 1. The lowest BCUT2D eigenvalue weighted by Crippen LogP contribution is -2.39. The van der Waals surface area contributed by atoms with Crippen molar-refractivity contribution < 1.29 is 4.39 Å². The van der Waals surface area contributed by atoms with Crippen molar-refractivity contribution in [1.82, 2.24) is 10.2 Å². The molecule has 0 atom stereocenters. The van der Waals surface area contributed by atoms with E-state index in [0.717, 1.165) is 42.1 Å². The summed E-state index contributed by atoms with van der Waals surface area (Å²) in [6.45, 7) is 8.75. The molecule has 2 rings (SSSR count). The van der Waals surface area contributed by atoms with Gasteiger partial charge >= 0.3 is 0 Å². The van der Waals surface area contributed by atoms with Gasteiger partial charge in [-0.25, -0.2) is 4.39 Å². The van der Waals surface area contributed by atoms with Crippen LogP contribution < -0.4 is 5.32 Å². The summed E-state index contributed by atoms with van der Waals surface area (Å²) >= 11 is 3.47. The number of rotatable bonds is 5. The highest BCUT2D eigenvalue weighted by molar-refractivity contribution is 9.10. The molecule has 0 amide bonds. The molecule has 1 aliphatic rings. The number of hydrogen-bond acceptors (Lipinski definition) is 2. The molecule has 0 bridgehead atoms. The molecular formula is C16H24BrFN2. The van der Waals surface area contributed by atoms with E-state index in [1.807, 2.05) is 6.07 Å². The Balaban J connectivity index is 2.01. The minimum Gasteiger partial charge on any atom is -0.317 e. The van der Waals surface area contributed by atoms with Crippen LogP contribution >= 0.6 is 15.9 Å². The molecule has 0 saturated carbocycles. The third-order valence-corrected chi connectivity index (χ3v) is 4.81. The first-order valence-electron chi connectivity index (χ1n) is 7.45. The van der Waals surface area contributed by atoms with Crippen LogP contribution in [0.25, 0.3) is 0 Å². The summed E-state index contributed by atoms with van der Waals surface area (Å²) in [6.07, 6.45) is 2.52. The summed E-state index contributed by atoms with van der Waals surface area (Å²) in [5.74, 6) is 0.591. The largest absolute Gasteiger partial charge is 0.317 e. The molecule has 112 valence electrons. The van der Waals surface area contributed by atoms with Gasteiger partial charge in [-0.1, -0.05) is 22.0 Å². The van der Waals surface area contributed by atoms with E-state index >= 15 is 0 Å². The van der Waals surface area contributed by atoms with Crippen LogP contribution in [0.5, 0.6) is 0 Å². The lowest BCUT2D eigenvalue weighted by Gasteiger charge is -2.33. The lowest BCUT2D eigenvalue weighted by atomic mass is 9.96. The van der Waals surface area contributed by atoms with E-state index in [1.165, 1.54) is 12.8 Å². The summed E-state index contributed by atoms with van der Waals surface area (Å²) in [4.78, 5) is 2.49. The molecule has 1 aromatic carbocycles. The number of piperidine rings is 1. The second-order valence-corrected chi connectivity index (χ2v) is 6.81. The van der Waals surface area contributed by atoms with Crippen LogP contribution in [0.1, 0.15) is 32.3 Å². The van der Waals surface area contributed by atoms with Crippen molar-refractivity contribution in [2.24, 2.45) is 5.92 Å². The van der Waals surface area contributed by atoms with Gasteiger partial charge in [-0.3, -0.25) is 4.90 Å². The molecule has 0 aliphatic carbocycles. The maximum absolute atomic E-state index is 13.2. The molecule has 0 spiro atoms. The number of halogens is 2. The SMILES string of the molecule is CC(C)N(Cc1ccc(F)cc1Br)CC1CCNCC1. The zero-order valence-corrected chi connectivity index (χ0v) is 13.9. The van der Waals surface area contributed by atoms with Gasteiger partial charge in [0.25, 0.3) is 0 Å². The molecule has 1 fully saturated rings. The van der Waals surface area contributed by atoms with Crippen LogP contribution in [-0.2, 0) is 6.54 Å². The molecule has 0 unspecified atom stereocenters. The van der Waals surface area contributed by atoms with Gasteiger partial charge in [0.2, 0.25) is 0 Å². The van der Waals surface area contributed by atoms with E-state index in [-0.39, 0.29) is 5.82 Å². The molecule has 2 nitrogen and oxygen atoms in total. The van der Waals surface area contributed by atoms with E-state index < -0.39 is 0 Å². The van der Waals surface area contributed by atoms with E-state index in [4.69, 9.17) is 0 Å². The quantitative estimate of drug-likeness (QED) is 0.875. The third-order valence-electron chi connectivity index (χ3n) is 4.07. The number of nitrogens with zero attached hydrogens (tertiary/aromatic N) is 1. The van der Waals surface area contributed by atoms with Gasteiger partial charge in [0.05, 0.1) is 0 Å². The summed E-state index contributed by atoms with van der Waals surface area (Å²) < 4.78 is 14.0. The van der Waals surface area contributed by atoms with Gasteiger partial charge < -0.3 is 5.32 Å². The van der Waals surface area contributed by atoms with Gasteiger partial charge in [0.15, 0.2) is 0 Å². The predicted octanol–water partition coefficient (Wildman–Crippen LogP) is 3.80. The van der Waals surface area contributed by atoms with Gasteiger partial charge in [-0.15, -0.1) is 0 Å². The fourth-order valence-electron chi connectivity index (χ4n) is 2.72. The molecule has 20 heavy (non-hydrogen) atoms. The van der Waals surface area contributed by atoms with Crippen LogP contribution in [-0.4, -0.2) is 30.6 Å². The molecule has 1 aliphatic heterocycles. The molecule has 0 aromatic heterocycles. The molecule has 0 radical (unpaired) electrons. The number of nitrogens with one attached hydrogen (secondary N) is 1. The monoisotopic (exact) mass is 342 g/mol. The second kappa shape index (κ2) is 7.53. The summed E-state index contributed by atoms with van der Waals surface area (Å²) in [5, 5.41) is 3.41. The Labute approximate surface area is 129 Å². The fraction of sp³-hybridized carbons (Fsp3) is 0.625. The zero-order chi connectivity index (χ0) is 14.5. The van der Waals surface area contributed by atoms with Crippen molar-refractivity contribution in [2.45, 2.75) is 39.3 Å². The average molecular weight is 343 g/mol. The van der Waals surface area contributed by atoms with E-state index in [2.05, 4.69) is 40.0 Å². The molecule has 4 heteroatoms. The van der Waals surface area contributed by atoms with E-state index in [1.54, 1.807) is 12.1 Å². The topological polar surface area (TPSA) is 15.3 Å². The first-order valence-corrected chi connectivity index (χ1v) is 8.24. The smallest absolute Gasteiger partial charge is 0.124 e. The first-order chi connectivity index (χ1) is 9.56. The second-order valence-electron chi connectivity index (χ2n) is 5.95. The Morgan fingerprint density at radius 3 is 2.65 bits per heavy atom. The predicted molar refractivity (Wildman–Crippen MR) is 85.2 cm³/mol. The van der Waals surface area contributed by atoms with Crippen LogP contribution in [0.3, 0.4) is 0 Å². The van der Waals surface area contributed by atoms with E-state index in [0.29, 0.717) is 6.04 Å². The van der Waals surface area contributed by atoms with Crippen molar-refractivity contribution in [1.29, 1.82) is 0 Å². The normalized spacial score (nSPS) is 17.1. The molecular weight excluding hydrogens is 319 g/mol. The maximum Gasteiger partial charge on any atom is 0.124 e. The average Bonchev–Trinajstić information content (AvgIpc) is 2.42. The van der Waals surface area contributed by atoms with Crippen molar-refractivity contribution in [3.8, 4) is 0 Å². The van der Waals surface area contributed by atoms with Crippen molar-refractivity contribution in [3.05, 3.63) is 34.1 Å². The highest BCUT2D eigenvalue weighted by Gasteiger charge is 2.19. The highest BCUT2D eigenvalue weighted by Crippen LogP contribution is 2.22.